The predicted molar refractivity (Wildman–Crippen MR) is 101 cm³/mol. The molecular formula is C21H21FN4O2. The number of benzene rings is 2. The van der Waals surface area contributed by atoms with Crippen LogP contribution in [-0.2, 0) is 11.2 Å². The molecule has 0 aliphatic carbocycles. The molecule has 0 spiro atoms. The lowest BCUT2D eigenvalue weighted by atomic mass is 10.1. The second-order valence-electron chi connectivity index (χ2n) is 6.87. The number of halogens is 1. The second-order valence-corrected chi connectivity index (χ2v) is 6.87. The van der Waals surface area contributed by atoms with Crippen LogP contribution in [0.4, 0.5) is 4.39 Å². The Balaban J connectivity index is 1.31. The van der Waals surface area contributed by atoms with Gasteiger partial charge in [0.25, 0.3) is 0 Å². The Morgan fingerprint density at radius 1 is 1.18 bits per heavy atom. The third-order valence-electron chi connectivity index (χ3n) is 4.91. The van der Waals surface area contributed by atoms with E-state index in [1.54, 1.807) is 18.3 Å². The van der Waals surface area contributed by atoms with Crippen LogP contribution in [0.15, 0.2) is 60.9 Å². The Labute approximate surface area is 162 Å². The highest BCUT2D eigenvalue weighted by Crippen LogP contribution is 2.24. The van der Waals surface area contributed by atoms with Gasteiger partial charge in [-0.2, -0.15) is 0 Å². The number of carbonyl (C=O) groups excluding carboxylic acids is 1. The van der Waals surface area contributed by atoms with E-state index in [1.165, 1.54) is 12.1 Å². The summed E-state index contributed by atoms with van der Waals surface area (Å²) in [6.07, 6.45) is 5.49. The second kappa shape index (κ2) is 8.21. The van der Waals surface area contributed by atoms with E-state index in [0.29, 0.717) is 30.9 Å². The van der Waals surface area contributed by atoms with Gasteiger partial charge in [0, 0.05) is 25.7 Å². The molecule has 0 N–H and O–H groups in total. The van der Waals surface area contributed by atoms with Gasteiger partial charge in [-0.05, 0) is 54.8 Å². The molecule has 4 rings (SSSR count). The van der Waals surface area contributed by atoms with E-state index in [-0.39, 0.29) is 17.8 Å². The van der Waals surface area contributed by atoms with Crippen molar-refractivity contribution < 1.29 is 13.9 Å². The molecule has 0 saturated carbocycles. The van der Waals surface area contributed by atoms with Crippen LogP contribution < -0.4 is 4.74 Å². The van der Waals surface area contributed by atoms with Crippen LogP contribution in [-0.4, -0.2) is 38.9 Å². The summed E-state index contributed by atoms with van der Waals surface area (Å²) >= 11 is 0. The van der Waals surface area contributed by atoms with Gasteiger partial charge in [0.15, 0.2) is 0 Å². The molecule has 144 valence electrons. The molecule has 1 fully saturated rings. The van der Waals surface area contributed by atoms with E-state index in [9.17, 15) is 9.18 Å². The first kappa shape index (κ1) is 18.2. The number of nitrogens with zero attached hydrogens (tertiary/aromatic N) is 4. The van der Waals surface area contributed by atoms with Gasteiger partial charge in [0.05, 0.1) is 12.2 Å². The average Bonchev–Trinajstić information content (AvgIpc) is 3.40. The van der Waals surface area contributed by atoms with E-state index in [1.807, 2.05) is 40.0 Å². The van der Waals surface area contributed by atoms with Gasteiger partial charge in [0.1, 0.15) is 17.3 Å². The monoisotopic (exact) mass is 380 g/mol. The van der Waals surface area contributed by atoms with Crippen molar-refractivity contribution in [2.24, 2.45) is 0 Å². The van der Waals surface area contributed by atoms with Crippen molar-refractivity contribution in [3.63, 3.8) is 0 Å². The Bertz CT molecular complexity index is 928. The van der Waals surface area contributed by atoms with Crippen molar-refractivity contribution in [1.82, 2.24) is 19.9 Å². The Kier molecular flexibility index (Phi) is 5.32. The first-order valence-corrected chi connectivity index (χ1v) is 9.33. The zero-order valence-electron chi connectivity index (χ0n) is 15.4. The maximum Gasteiger partial charge on any atom is 0.222 e. The minimum absolute atomic E-state index is 0.146. The number of likely N-dealkylation sites (tertiary alicyclic amines) is 1. The predicted octanol–water partition coefficient (Wildman–Crippen LogP) is 3.62. The van der Waals surface area contributed by atoms with E-state index in [0.717, 1.165) is 18.5 Å². The molecule has 1 aromatic heterocycles. The molecule has 1 atom stereocenters. The van der Waals surface area contributed by atoms with Crippen LogP contribution in [0.5, 0.6) is 11.5 Å². The van der Waals surface area contributed by atoms with E-state index >= 15 is 0 Å². The summed E-state index contributed by atoms with van der Waals surface area (Å²) in [6, 6.07) is 13.7. The molecule has 1 amide bonds. The lowest BCUT2D eigenvalue weighted by Crippen LogP contribution is -2.29. The highest BCUT2D eigenvalue weighted by atomic mass is 19.1. The van der Waals surface area contributed by atoms with Crippen molar-refractivity contribution in [2.75, 3.05) is 13.1 Å². The molecular weight excluding hydrogens is 359 g/mol. The summed E-state index contributed by atoms with van der Waals surface area (Å²) in [7, 11) is 0. The SMILES string of the molecule is O=C(CCc1cccc(Oc2ccc(F)cc2)c1)N1CCC(n2ccnn2)C1. The van der Waals surface area contributed by atoms with Gasteiger partial charge >= 0.3 is 0 Å². The van der Waals surface area contributed by atoms with Crippen molar-refractivity contribution in [2.45, 2.75) is 25.3 Å². The number of aromatic nitrogens is 3. The molecule has 3 aromatic rings. The smallest absolute Gasteiger partial charge is 0.222 e. The zero-order valence-corrected chi connectivity index (χ0v) is 15.4. The van der Waals surface area contributed by atoms with E-state index in [4.69, 9.17) is 4.74 Å². The molecule has 1 aliphatic rings. The number of amides is 1. The Morgan fingerprint density at radius 3 is 2.82 bits per heavy atom. The van der Waals surface area contributed by atoms with Gasteiger partial charge in [0.2, 0.25) is 5.91 Å². The molecule has 1 saturated heterocycles. The third kappa shape index (κ3) is 4.36. The molecule has 2 aromatic carbocycles. The molecule has 6 nitrogen and oxygen atoms in total. The molecule has 0 bridgehead atoms. The summed E-state index contributed by atoms with van der Waals surface area (Å²) in [4.78, 5) is 14.4. The normalized spacial score (nSPS) is 16.3. The highest BCUT2D eigenvalue weighted by molar-refractivity contribution is 5.76. The van der Waals surface area contributed by atoms with E-state index in [2.05, 4.69) is 10.3 Å². The minimum atomic E-state index is -0.299. The maximum atomic E-state index is 13.0. The minimum Gasteiger partial charge on any atom is -0.457 e. The fraction of sp³-hybridized carbons (Fsp3) is 0.286. The third-order valence-corrected chi connectivity index (χ3v) is 4.91. The summed E-state index contributed by atoms with van der Waals surface area (Å²) in [5.41, 5.74) is 1.03. The molecule has 2 heterocycles. The van der Waals surface area contributed by atoms with Crippen molar-refractivity contribution >= 4 is 5.91 Å². The highest BCUT2D eigenvalue weighted by Gasteiger charge is 2.27. The largest absolute Gasteiger partial charge is 0.457 e. The Morgan fingerprint density at radius 2 is 2.04 bits per heavy atom. The van der Waals surface area contributed by atoms with Crippen LogP contribution in [0.2, 0.25) is 0 Å². The summed E-state index contributed by atoms with van der Waals surface area (Å²) in [5.74, 6) is 1.09. The van der Waals surface area contributed by atoms with Crippen LogP contribution in [0.25, 0.3) is 0 Å². The lowest BCUT2D eigenvalue weighted by molar-refractivity contribution is -0.130. The van der Waals surface area contributed by atoms with Crippen LogP contribution in [0.3, 0.4) is 0 Å². The molecule has 1 aliphatic heterocycles. The van der Waals surface area contributed by atoms with Gasteiger partial charge in [-0.3, -0.25) is 4.79 Å². The van der Waals surface area contributed by atoms with E-state index < -0.39 is 0 Å². The average molecular weight is 380 g/mol. The number of rotatable bonds is 6. The summed E-state index contributed by atoms with van der Waals surface area (Å²) in [6.45, 7) is 1.42. The quantitative estimate of drug-likeness (QED) is 0.655. The van der Waals surface area contributed by atoms with Crippen molar-refractivity contribution in [3.05, 3.63) is 72.3 Å². The zero-order chi connectivity index (χ0) is 19.3. The van der Waals surface area contributed by atoms with Crippen molar-refractivity contribution in [3.8, 4) is 11.5 Å². The summed E-state index contributed by atoms with van der Waals surface area (Å²) < 4.78 is 20.6. The van der Waals surface area contributed by atoms with Gasteiger partial charge in [-0.25, -0.2) is 9.07 Å². The molecule has 28 heavy (non-hydrogen) atoms. The van der Waals surface area contributed by atoms with Gasteiger partial charge < -0.3 is 9.64 Å². The maximum absolute atomic E-state index is 13.0. The van der Waals surface area contributed by atoms with Crippen molar-refractivity contribution in [1.29, 1.82) is 0 Å². The van der Waals surface area contributed by atoms with Gasteiger partial charge in [-0.1, -0.05) is 17.3 Å². The number of carbonyl (C=O) groups is 1. The number of hydrogen-bond acceptors (Lipinski definition) is 4. The topological polar surface area (TPSA) is 60.2 Å². The molecule has 1 unspecified atom stereocenters. The fourth-order valence-electron chi connectivity index (χ4n) is 3.41. The van der Waals surface area contributed by atoms with Crippen LogP contribution >= 0.6 is 0 Å². The molecule has 0 radical (unpaired) electrons. The standard InChI is InChI=1S/C21H21FN4O2/c22-17-5-7-19(8-6-17)28-20-3-1-2-16(14-20)4-9-21(27)25-12-10-18(15-25)26-13-11-23-24-26/h1-3,5-8,11,13-14,18H,4,9-10,12,15H2. The lowest BCUT2D eigenvalue weighted by Gasteiger charge is -2.16. The summed E-state index contributed by atoms with van der Waals surface area (Å²) in [5, 5.41) is 7.86. The fourth-order valence-corrected chi connectivity index (χ4v) is 3.41. The Hall–Kier alpha value is -3.22. The number of aryl methyl sites for hydroxylation is 1. The molecule has 7 heteroatoms. The number of ether oxygens (including phenoxy) is 1. The first-order chi connectivity index (χ1) is 13.7. The van der Waals surface area contributed by atoms with Crippen LogP contribution in [0.1, 0.15) is 24.4 Å². The van der Waals surface area contributed by atoms with Crippen LogP contribution in [0, 0.1) is 5.82 Å². The number of hydrogen-bond donors (Lipinski definition) is 0. The van der Waals surface area contributed by atoms with Gasteiger partial charge in [-0.15, -0.1) is 5.10 Å². The first-order valence-electron chi connectivity index (χ1n) is 9.33.